The molecule has 6 nitrogen and oxygen atoms in total. The van der Waals surface area contributed by atoms with E-state index in [0.717, 1.165) is 19.2 Å². The molecule has 1 N–H and O–H groups in total. The lowest BCUT2D eigenvalue weighted by molar-refractivity contribution is -0.141. The number of hydrogen-bond donors (Lipinski definition) is 1. The van der Waals surface area contributed by atoms with Crippen molar-refractivity contribution in [2.45, 2.75) is 33.0 Å². The quantitative estimate of drug-likeness (QED) is 0.585. The van der Waals surface area contributed by atoms with E-state index in [-0.39, 0.29) is 24.4 Å². The van der Waals surface area contributed by atoms with Crippen LogP contribution in [-0.4, -0.2) is 60.4 Å². The Kier molecular flexibility index (Phi) is 5.98. The van der Waals surface area contributed by atoms with Gasteiger partial charge in [-0.15, -0.1) is 0 Å². The number of carboxylic acid groups (broad SMARTS) is 1. The molecule has 19 heavy (non-hydrogen) atoms. The van der Waals surface area contributed by atoms with E-state index in [9.17, 15) is 9.59 Å². The number of esters is 1. The van der Waals surface area contributed by atoms with E-state index in [2.05, 4.69) is 4.90 Å². The van der Waals surface area contributed by atoms with E-state index >= 15 is 0 Å². The summed E-state index contributed by atoms with van der Waals surface area (Å²) in [7, 11) is 0. The van der Waals surface area contributed by atoms with Crippen LogP contribution in [0.4, 0.5) is 0 Å². The number of hydrogen-bond acceptors (Lipinski definition) is 5. The molecular weight excluding hydrogens is 250 g/mol. The van der Waals surface area contributed by atoms with Crippen molar-refractivity contribution in [1.82, 2.24) is 4.90 Å². The summed E-state index contributed by atoms with van der Waals surface area (Å²) in [5, 5.41) is 8.51. The molecule has 108 valence electrons. The van der Waals surface area contributed by atoms with Gasteiger partial charge in [-0.2, -0.15) is 0 Å². The minimum atomic E-state index is -1.15. The van der Waals surface area contributed by atoms with Crippen molar-refractivity contribution < 1.29 is 24.2 Å². The number of carbonyl (C=O) groups is 2. The second-order valence-corrected chi connectivity index (χ2v) is 4.82. The predicted molar refractivity (Wildman–Crippen MR) is 68.8 cm³/mol. The van der Waals surface area contributed by atoms with Gasteiger partial charge in [0.15, 0.2) is 0 Å². The Morgan fingerprint density at radius 2 is 1.95 bits per heavy atom. The molecule has 1 fully saturated rings. The number of aliphatic carboxylic acids is 1. The Hall–Kier alpha value is -1.40. The molecule has 0 aromatic rings. The van der Waals surface area contributed by atoms with Crippen molar-refractivity contribution in [3.8, 4) is 0 Å². The summed E-state index contributed by atoms with van der Waals surface area (Å²) in [6.07, 6.45) is 1.20. The number of ether oxygens (including phenoxy) is 2. The molecule has 2 atom stereocenters. The van der Waals surface area contributed by atoms with E-state index in [0.29, 0.717) is 6.54 Å². The van der Waals surface area contributed by atoms with Gasteiger partial charge in [0.2, 0.25) is 0 Å². The first-order valence-corrected chi connectivity index (χ1v) is 6.34. The number of nitrogens with zero attached hydrogens (tertiary/aromatic N) is 1. The van der Waals surface area contributed by atoms with Crippen molar-refractivity contribution in [3.63, 3.8) is 0 Å². The molecule has 0 aliphatic carbocycles. The van der Waals surface area contributed by atoms with Crippen LogP contribution in [0, 0.1) is 0 Å². The molecule has 1 saturated heterocycles. The molecule has 0 spiro atoms. The average molecular weight is 271 g/mol. The maximum atomic E-state index is 11.5. The van der Waals surface area contributed by atoms with Gasteiger partial charge in [-0.3, -0.25) is 4.90 Å². The minimum absolute atomic E-state index is 0.0937. The number of carbonyl (C=O) groups excluding carboxylic acids is 1. The summed E-state index contributed by atoms with van der Waals surface area (Å²) in [5.74, 6) is -1.73. The molecule has 0 aromatic heterocycles. The van der Waals surface area contributed by atoms with Crippen LogP contribution in [0.1, 0.15) is 20.8 Å². The van der Waals surface area contributed by atoms with Gasteiger partial charge in [-0.25, -0.2) is 9.59 Å². The number of morpholine rings is 1. The predicted octanol–water partition coefficient (Wildman–Crippen LogP) is 0.670. The van der Waals surface area contributed by atoms with Gasteiger partial charge in [0.25, 0.3) is 0 Å². The zero-order valence-electron chi connectivity index (χ0n) is 11.6. The van der Waals surface area contributed by atoms with Crippen LogP contribution in [0.25, 0.3) is 0 Å². The summed E-state index contributed by atoms with van der Waals surface area (Å²) in [6, 6.07) is 0. The van der Waals surface area contributed by atoms with E-state index in [1.165, 1.54) is 6.92 Å². The van der Waals surface area contributed by atoms with Crippen LogP contribution in [0.5, 0.6) is 0 Å². The molecule has 0 bridgehead atoms. The van der Waals surface area contributed by atoms with Crippen LogP contribution >= 0.6 is 0 Å². The lowest BCUT2D eigenvalue weighted by Gasteiger charge is -2.35. The van der Waals surface area contributed by atoms with Crippen molar-refractivity contribution >= 4 is 11.9 Å². The standard InChI is InChI=1S/C13H21NO5/c1-9(6-12(15)16)13(17)18-5-4-14-7-10(2)19-11(3)8-14/h6,10-11H,4-5,7-8H2,1-3H3,(H,15,16)/b9-6+. The average Bonchev–Trinajstić information content (AvgIpc) is 2.26. The fourth-order valence-corrected chi connectivity index (χ4v) is 2.09. The van der Waals surface area contributed by atoms with Gasteiger partial charge >= 0.3 is 11.9 Å². The first kappa shape index (κ1) is 15.7. The van der Waals surface area contributed by atoms with Gasteiger partial charge in [-0.1, -0.05) is 0 Å². The molecule has 1 heterocycles. The van der Waals surface area contributed by atoms with Crippen LogP contribution in [0.15, 0.2) is 11.6 Å². The largest absolute Gasteiger partial charge is 0.478 e. The van der Waals surface area contributed by atoms with E-state index < -0.39 is 11.9 Å². The first-order chi connectivity index (χ1) is 8.88. The molecule has 1 aliphatic heterocycles. The summed E-state index contributed by atoms with van der Waals surface area (Å²) in [5.41, 5.74) is 0.0937. The maximum absolute atomic E-state index is 11.5. The SMILES string of the molecule is C/C(=C\C(=O)O)C(=O)OCCN1CC(C)OC(C)C1. The van der Waals surface area contributed by atoms with Gasteiger partial charge in [-0.05, 0) is 20.8 Å². The number of rotatable bonds is 5. The van der Waals surface area contributed by atoms with E-state index in [1.807, 2.05) is 13.8 Å². The lowest BCUT2D eigenvalue weighted by Crippen LogP contribution is -2.46. The summed E-state index contributed by atoms with van der Waals surface area (Å²) in [6.45, 7) is 7.95. The highest BCUT2D eigenvalue weighted by atomic mass is 16.5. The smallest absolute Gasteiger partial charge is 0.334 e. The second kappa shape index (κ2) is 7.25. The number of carboxylic acids is 1. The van der Waals surface area contributed by atoms with E-state index in [4.69, 9.17) is 14.6 Å². The van der Waals surface area contributed by atoms with Gasteiger partial charge in [0, 0.05) is 31.3 Å². The summed E-state index contributed by atoms with van der Waals surface area (Å²) >= 11 is 0. The Morgan fingerprint density at radius 1 is 1.37 bits per heavy atom. The Labute approximate surface area is 113 Å². The lowest BCUT2D eigenvalue weighted by atomic mass is 10.2. The highest BCUT2D eigenvalue weighted by Crippen LogP contribution is 2.10. The van der Waals surface area contributed by atoms with Crippen LogP contribution in [0.3, 0.4) is 0 Å². The Bertz CT molecular complexity index is 356. The molecule has 0 radical (unpaired) electrons. The molecule has 0 saturated carbocycles. The van der Waals surface area contributed by atoms with Crippen molar-refractivity contribution in [2.75, 3.05) is 26.2 Å². The zero-order chi connectivity index (χ0) is 14.4. The molecule has 1 rings (SSSR count). The van der Waals surface area contributed by atoms with Crippen LogP contribution in [0.2, 0.25) is 0 Å². The fraction of sp³-hybridized carbons (Fsp3) is 0.692. The topological polar surface area (TPSA) is 76.1 Å². The third-order valence-electron chi connectivity index (χ3n) is 2.80. The third kappa shape index (κ3) is 5.85. The molecule has 0 amide bonds. The van der Waals surface area contributed by atoms with Crippen molar-refractivity contribution in [3.05, 3.63) is 11.6 Å². The summed E-state index contributed by atoms with van der Waals surface area (Å²) < 4.78 is 10.6. The Balaban J connectivity index is 2.30. The van der Waals surface area contributed by atoms with Gasteiger partial charge in [0.05, 0.1) is 12.2 Å². The normalized spacial score (nSPS) is 25.1. The first-order valence-electron chi connectivity index (χ1n) is 6.34. The molecular formula is C13H21NO5. The van der Waals surface area contributed by atoms with Crippen molar-refractivity contribution in [1.29, 1.82) is 0 Å². The van der Waals surface area contributed by atoms with Gasteiger partial charge < -0.3 is 14.6 Å². The third-order valence-corrected chi connectivity index (χ3v) is 2.80. The highest BCUT2D eigenvalue weighted by Gasteiger charge is 2.22. The molecule has 1 aliphatic rings. The zero-order valence-corrected chi connectivity index (χ0v) is 11.6. The second-order valence-electron chi connectivity index (χ2n) is 4.82. The fourth-order valence-electron chi connectivity index (χ4n) is 2.09. The molecule has 6 heteroatoms. The summed E-state index contributed by atoms with van der Waals surface area (Å²) in [4.78, 5) is 24.0. The van der Waals surface area contributed by atoms with Crippen LogP contribution in [-0.2, 0) is 19.1 Å². The molecule has 2 unspecified atom stereocenters. The Morgan fingerprint density at radius 3 is 2.47 bits per heavy atom. The van der Waals surface area contributed by atoms with Crippen LogP contribution < -0.4 is 0 Å². The maximum Gasteiger partial charge on any atom is 0.334 e. The monoisotopic (exact) mass is 271 g/mol. The van der Waals surface area contributed by atoms with Crippen molar-refractivity contribution in [2.24, 2.45) is 0 Å². The van der Waals surface area contributed by atoms with Gasteiger partial charge in [0.1, 0.15) is 6.61 Å². The highest BCUT2D eigenvalue weighted by molar-refractivity contribution is 5.95. The molecule has 0 aromatic carbocycles. The minimum Gasteiger partial charge on any atom is -0.478 e. The van der Waals surface area contributed by atoms with E-state index in [1.54, 1.807) is 0 Å².